The van der Waals surface area contributed by atoms with Crippen LogP contribution in [-0.4, -0.2) is 44.2 Å². The van der Waals surface area contributed by atoms with E-state index in [2.05, 4.69) is 11.8 Å². The number of nitrogen functional groups attached to an aromatic ring is 2. The molecule has 1 saturated carbocycles. The van der Waals surface area contributed by atoms with Crippen molar-refractivity contribution in [3.63, 3.8) is 0 Å². The van der Waals surface area contributed by atoms with Crippen molar-refractivity contribution < 1.29 is 13.2 Å². The van der Waals surface area contributed by atoms with Gasteiger partial charge in [-0.25, -0.2) is 18.4 Å². The number of anilines is 3. The molecule has 2 heterocycles. The highest BCUT2D eigenvalue weighted by Crippen LogP contribution is 2.56. The van der Waals surface area contributed by atoms with Crippen LogP contribution in [0.2, 0.25) is 5.02 Å². The fourth-order valence-corrected chi connectivity index (χ4v) is 6.86. The summed E-state index contributed by atoms with van der Waals surface area (Å²) >= 11 is 6.32. The molecule has 0 amide bonds. The Labute approximate surface area is 203 Å². The van der Waals surface area contributed by atoms with Crippen LogP contribution in [0.1, 0.15) is 25.5 Å². The Morgan fingerprint density at radius 1 is 1.06 bits per heavy atom. The fourth-order valence-electron chi connectivity index (χ4n) is 4.37. The van der Waals surface area contributed by atoms with E-state index in [1.54, 1.807) is 24.3 Å². The minimum Gasteiger partial charge on any atom is -0.399 e. The second-order valence-corrected chi connectivity index (χ2v) is 11.5. The Hall–Kier alpha value is -2.88. The van der Waals surface area contributed by atoms with E-state index in [1.165, 1.54) is 12.1 Å². The summed E-state index contributed by atoms with van der Waals surface area (Å²) in [5.41, 5.74) is 13.9. The maximum Gasteiger partial charge on any atom is 0.191 e. The largest absolute Gasteiger partial charge is 0.399 e. The van der Waals surface area contributed by atoms with E-state index in [9.17, 15) is 8.42 Å². The number of halogens is 1. The molecule has 0 bridgehead atoms. The minimum absolute atomic E-state index is 0.0646. The SMILES string of the molecule is C[C@H]1COCCN1c1cc(C2(S(=O)(=O)c3ccc(N)cc3Cl)CC2)nc(-c2ccc(N)cc2)n1. The monoisotopic (exact) mass is 499 g/mol. The smallest absolute Gasteiger partial charge is 0.191 e. The van der Waals surface area contributed by atoms with E-state index in [1.807, 2.05) is 12.1 Å². The number of aromatic nitrogens is 2. The zero-order valence-corrected chi connectivity index (χ0v) is 20.3. The minimum atomic E-state index is -3.84. The number of rotatable bonds is 5. The number of morpholine rings is 1. The van der Waals surface area contributed by atoms with Crippen LogP contribution in [0.15, 0.2) is 53.4 Å². The van der Waals surface area contributed by atoms with Crippen LogP contribution in [0, 0.1) is 0 Å². The lowest BCUT2D eigenvalue weighted by atomic mass is 10.1. The summed E-state index contributed by atoms with van der Waals surface area (Å²) in [4.78, 5) is 11.8. The molecule has 1 aromatic heterocycles. The number of hydrogen-bond acceptors (Lipinski definition) is 8. The predicted molar refractivity (Wildman–Crippen MR) is 133 cm³/mol. The van der Waals surface area contributed by atoms with Gasteiger partial charge in [-0.15, -0.1) is 0 Å². The van der Waals surface area contributed by atoms with E-state index >= 15 is 0 Å². The maximum atomic E-state index is 13.9. The van der Waals surface area contributed by atoms with Crippen molar-refractivity contribution in [3.8, 4) is 11.4 Å². The molecule has 1 atom stereocenters. The molecule has 0 radical (unpaired) electrons. The molecule has 1 aliphatic carbocycles. The molecular weight excluding hydrogens is 474 g/mol. The Morgan fingerprint density at radius 3 is 2.41 bits per heavy atom. The lowest BCUT2D eigenvalue weighted by Gasteiger charge is -2.34. The lowest BCUT2D eigenvalue weighted by molar-refractivity contribution is 0.0985. The normalized spacial score (nSPS) is 19.7. The Morgan fingerprint density at radius 2 is 1.76 bits per heavy atom. The third-order valence-electron chi connectivity index (χ3n) is 6.47. The van der Waals surface area contributed by atoms with E-state index in [4.69, 9.17) is 37.8 Å². The van der Waals surface area contributed by atoms with Gasteiger partial charge in [0, 0.05) is 29.5 Å². The van der Waals surface area contributed by atoms with Gasteiger partial charge < -0.3 is 21.1 Å². The van der Waals surface area contributed by atoms with E-state index in [-0.39, 0.29) is 16.0 Å². The van der Waals surface area contributed by atoms with Crippen molar-refractivity contribution in [2.45, 2.75) is 35.4 Å². The highest BCUT2D eigenvalue weighted by Gasteiger charge is 2.58. The number of hydrogen-bond donors (Lipinski definition) is 2. The maximum absolute atomic E-state index is 13.9. The molecule has 2 aromatic carbocycles. The Balaban J connectivity index is 1.66. The number of ether oxygens (including phenoxy) is 1. The van der Waals surface area contributed by atoms with Gasteiger partial charge in [-0.2, -0.15) is 0 Å². The molecule has 10 heteroatoms. The molecule has 1 saturated heterocycles. The van der Waals surface area contributed by atoms with Gasteiger partial charge in [0.25, 0.3) is 0 Å². The van der Waals surface area contributed by atoms with Crippen LogP contribution >= 0.6 is 11.6 Å². The molecule has 2 fully saturated rings. The second kappa shape index (κ2) is 8.41. The quantitative estimate of drug-likeness (QED) is 0.509. The molecule has 1 aliphatic heterocycles. The van der Waals surface area contributed by atoms with Crippen LogP contribution in [0.25, 0.3) is 11.4 Å². The number of sulfone groups is 1. The van der Waals surface area contributed by atoms with Gasteiger partial charge in [-0.3, -0.25) is 0 Å². The van der Waals surface area contributed by atoms with E-state index in [0.29, 0.717) is 61.3 Å². The third kappa shape index (κ3) is 3.87. The number of benzene rings is 2. The average molecular weight is 500 g/mol. The summed E-state index contributed by atoms with van der Waals surface area (Å²) in [5, 5.41) is 0.112. The van der Waals surface area contributed by atoms with Crippen molar-refractivity contribution in [3.05, 3.63) is 59.2 Å². The van der Waals surface area contributed by atoms with Gasteiger partial charge in [0.05, 0.1) is 34.9 Å². The molecule has 178 valence electrons. The fraction of sp³-hybridized carbons (Fsp3) is 0.333. The molecule has 4 N–H and O–H groups in total. The molecule has 2 aliphatic rings. The zero-order chi connectivity index (χ0) is 24.1. The molecule has 3 aromatic rings. The Bertz CT molecular complexity index is 1340. The van der Waals surface area contributed by atoms with Gasteiger partial charge in [0.1, 0.15) is 10.6 Å². The molecule has 0 spiro atoms. The van der Waals surface area contributed by atoms with E-state index < -0.39 is 14.6 Å². The second-order valence-electron chi connectivity index (χ2n) is 8.86. The van der Waals surface area contributed by atoms with Crippen molar-refractivity contribution in [1.82, 2.24) is 9.97 Å². The predicted octanol–water partition coefficient (Wildman–Crippen LogP) is 3.65. The standard InChI is InChI=1S/C24H26ClN5O3S/c1-15-14-33-11-10-30(15)22-13-21(28-23(29-22)16-2-4-17(26)5-3-16)24(8-9-24)34(31,32)20-7-6-18(27)12-19(20)25/h2-7,12-13,15H,8-11,14,26-27H2,1H3/t15-/m0/s1. The van der Waals surface area contributed by atoms with Crippen LogP contribution < -0.4 is 16.4 Å². The van der Waals surface area contributed by atoms with Gasteiger partial charge in [-0.05, 0) is 62.2 Å². The summed E-state index contributed by atoms with van der Waals surface area (Å²) in [6, 6.07) is 13.6. The first kappa shape index (κ1) is 22.9. The van der Waals surface area contributed by atoms with Crippen LogP contribution in [0.4, 0.5) is 17.2 Å². The van der Waals surface area contributed by atoms with E-state index in [0.717, 1.165) is 5.56 Å². The van der Waals surface area contributed by atoms with Crippen LogP contribution in [0.5, 0.6) is 0 Å². The van der Waals surface area contributed by atoms with Gasteiger partial charge >= 0.3 is 0 Å². The van der Waals surface area contributed by atoms with Crippen molar-refractivity contribution in [2.24, 2.45) is 0 Å². The first-order chi connectivity index (χ1) is 16.2. The molecule has 5 rings (SSSR count). The van der Waals surface area contributed by atoms with Crippen molar-refractivity contribution in [2.75, 3.05) is 36.1 Å². The summed E-state index contributed by atoms with van der Waals surface area (Å²) in [6.45, 7) is 3.86. The van der Waals surface area contributed by atoms with Crippen LogP contribution in [0.3, 0.4) is 0 Å². The summed E-state index contributed by atoms with van der Waals surface area (Å²) in [6.07, 6.45) is 0.901. The lowest BCUT2D eigenvalue weighted by Crippen LogP contribution is -2.44. The third-order valence-corrected chi connectivity index (χ3v) is 9.48. The number of nitrogens with two attached hydrogens (primary N) is 2. The molecular formula is C24H26ClN5O3S. The first-order valence-electron chi connectivity index (χ1n) is 11.1. The molecule has 0 unspecified atom stereocenters. The average Bonchev–Trinajstić information content (AvgIpc) is 3.62. The summed E-state index contributed by atoms with van der Waals surface area (Å²) in [7, 11) is -3.84. The number of nitrogens with zero attached hydrogens (tertiary/aromatic N) is 3. The molecule has 34 heavy (non-hydrogen) atoms. The zero-order valence-electron chi connectivity index (χ0n) is 18.7. The highest BCUT2D eigenvalue weighted by molar-refractivity contribution is 7.92. The van der Waals surface area contributed by atoms with Gasteiger partial charge in [-0.1, -0.05) is 11.6 Å². The summed E-state index contributed by atoms with van der Waals surface area (Å²) in [5.74, 6) is 1.13. The topological polar surface area (TPSA) is 124 Å². The Kier molecular flexibility index (Phi) is 5.66. The van der Waals surface area contributed by atoms with Crippen LogP contribution in [-0.2, 0) is 19.3 Å². The highest BCUT2D eigenvalue weighted by atomic mass is 35.5. The molecule has 8 nitrogen and oxygen atoms in total. The van der Waals surface area contributed by atoms with Crippen molar-refractivity contribution in [1.29, 1.82) is 0 Å². The van der Waals surface area contributed by atoms with Gasteiger partial charge in [0.15, 0.2) is 15.7 Å². The summed E-state index contributed by atoms with van der Waals surface area (Å²) < 4.78 is 32.1. The van der Waals surface area contributed by atoms with Crippen molar-refractivity contribution >= 4 is 38.6 Å². The first-order valence-corrected chi connectivity index (χ1v) is 13.0. The van der Waals surface area contributed by atoms with Gasteiger partial charge in [0.2, 0.25) is 0 Å².